The van der Waals surface area contributed by atoms with E-state index in [0.29, 0.717) is 4.90 Å². The summed E-state index contributed by atoms with van der Waals surface area (Å²) in [5.41, 5.74) is 0. The van der Waals surface area contributed by atoms with E-state index in [-0.39, 0.29) is 13.0 Å². The molecule has 0 aromatic rings. The third kappa shape index (κ3) is 7.17. The SMILES string of the molecule is COCCC(NC(=O)N(CC(F)(F)F)C(C)C)C(=O)O. The zero-order valence-electron chi connectivity index (χ0n) is 11.5. The first kappa shape index (κ1) is 18.5. The van der Waals surface area contributed by atoms with Crippen molar-refractivity contribution in [2.45, 2.75) is 38.5 Å². The number of methoxy groups -OCH3 is 1. The summed E-state index contributed by atoms with van der Waals surface area (Å²) in [5, 5.41) is 11.0. The number of ether oxygens (including phenoxy) is 1. The standard InChI is InChI=1S/C11H19F3N2O4/c1-7(2)16(6-11(12,13)14)10(19)15-8(9(17)18)4-5-20-3/h7-8H,4-6H2,1-3H3,(H,15,19)(H,17,18). The number of carboxylic acids is 1. The van der Waals surface area contributed by atoms with Crippen LogP contribution in [0.1, 0.15) is 20.3 Å². The number of urea groups is 1. The molecule has 2 amide bonds. The smallest absolute Gasteiger partial charge is 0.406 e. The van der Waals surface area contributed by atoms with Gasteiger partial charge in [-0.2, -0.15) is 13.2 Å². The van der Waals surface area contributed by atoms with E-state index < -0.39 is 36.8 Å². The largest absolute Gasteiger partial charge is 0.480 e. The van der Waals surface area contributed by atoms with Crippen molar-refractivity contribution in [1.29, 1.82) is 0 Å². The fourth-order valence-electron chi connectivity index (χ4n) is 1.41. The summed E-state index contributed by atoms with van der Waals surface area (Å²) in [6.07, 6.45) is -4.58. The van der Waals surface area contributed by atoms with Crippen LogP contribution in [0.4, 0.5) is 18.0 Å². The van der Waals surface area contributed by atoms with Crippen molar-refractivity contribution >= 4 is 12.0 Å². The highest BCUT2D eigenvalue weighted by molar-refractivity contribution is 5.82. The summed E-state index contributed by atoms with van der Waals surface area (Å²) < 4.78 is 41.8. The molecule has 0 rings (SSSR count). The molecule has 0 bridgehead atoms. The first-order valence-electron chi connectivity index (χ1n) is 5.94. The van der Waals surface area contributed by atoms with Gasteiger partial charge in [0.1, 0.15) is 12.6 Å². The number of carboxylic acid groups (broad SMARTS) is 1. The van der Waals surface area contributed by atoms with Crippen molar-refractivity contribution in [3.05, 3.63) is 0 Å². The minimum atomic E-state index is -4.55. The summed E-state index contributed by atoms with van der Waals surface area (Å²) >= 11 is 0. The van der Waals surface area contributed by atoms with Gasteiger partial charge in [-0.3, -0.25) is 0 Å². The van der Waals surface area contributed by atoms with E-state index >= 15 is 0 Å². The van der Waals surface area contributed by atoms with Crippen molar-refractivity contribution in [3.8, 4) is 0 Å². The summed E-state index contributed by atoms with van der Waals surface area (Å²) in [5.74, 6) is -1.33. The lowest BCUT2D eigenvalue weighted by atomic mass is 10.2. The van der Waals surface area contributed by atoms with Crippen LogP contribution in [0.15, 0.2) is 0 Å². The zero-order valence-corrected chi connectivity index (χ0v) is 11.5. The second kappa shape index (κ2) is 7.93. The molecule has 0 saturated carbocycles. The molecular weight excluding hydrogens is 281 g/mol. The van der Waals surface area contributed by atoms with Crippen LogP contribution >= 0.6 is 0 Å². The van der Waals surface area contributed by atoms with Crippen molar-refractivity contribution in [1.82, 2.24) is 10.2 Å². The lowest BCUT2D eigenvalue weighted by molar-refractivity contribution is -0.143. The second-order valence-electron chi connectivity index (χ2n) is 4.46. The van der Waals surface area contributed by atoms with Crippen LogP contribution in [0.3, 0.4) is 0 Å². The third-order valence-electron chi connectivity index (χ3n) is 2.44. The van der Waals surface area contributed by atoms with Gasteiger partial charge in [-0.15, -0.1) is 0 Å². The lowest BCUT2D eigenvalue weighted by Gasteiger charge is -2.29. The van der Waals surface area contributed by atoms with E-state index in [0.717, 1.165) is 0 Å². The predicted molar refractivity (Wildman–Crippen MR) is 64.3 cm³/mol. The highest BCUT2D eigenvalue weighted by Gasteiger charge is 2.35. The fourth-order valence-corrected chi connectivity index (χ4v) is 1.41. The van der Waals surface area contributed by atoms with E-state index in [1.165, 1.54) is 21.0 Å². The number of nitrogens with one attached hydrogen (secondary N) is 1. The summed E-state index contributed by atoms with van der Waals surface area (Å²) in [4.78, 5) is 23.2. The average molecular weight is 300 g/mol. The van der Waals surface area contributed by atoms with Crippen molar-refractivity contribution < 1.29 is 32.6 Å². The fraction of sp³-hybridized carbons (Fsp3) is 0.818. The van der Waals surface area contributed by atoms with Crippen LogP contribution in [0, 0.1) is 0 Å². The summed E-state index contributed by atoms with van der Waals surface area (Å²) in [6.45, 7) is 1.46. The lowest BCUT2D eigenvalue weighted by Crippen LogP contribution is -2.52. The van der Waals surface area contributed by atoms with Gasteiger partial charge in [0.05, 0.1) is 0 Å². The zero-order chi connectivity index (χ0) is 15.9. The number of halogens is 3. The minimum Gasteiger partial charge on any atom is -0.480 e. The molecule has 2 N–H and O–H groups in total. The van der Waals surface area contributed by atoms with Crippen LogP contribution in [-0.2, 0) is 9.53 Å². The van der Waals surface area contributed by atoms with Gasteiger partial charge in [-0.05, 0) is 13.8 Å². The predicted octanol–water partition coefficient (Wildman–Crippen LogP) is 1.46. The van der Waals surface area contributed by atoms with Gasteiger partial charge in [0.15, 0.2) is 0 Å². The van der Waals surface area contributed by atoms with Gasteiger partial charge < -0.3 is 20.1 Å². The van der Waals surface area contributed by atoms with Crippen LogP contribution in [0.2, 0.25) is 0 Å². The Morgan fingerprint density at radius 1 is 1.35 bits per heavy atom. The molecule has 0 fully saturated rings. The van der Waals surface area contributed by atoms with Gasteiger partial charge in [0.25, 0.3) is 0 Å². The molecule has 0 aliphatic rings. The Morgan fingerprint density at radius 2 is 1.90 bits per heavy atom. The van der Waals surface area contributed by atoms with Gasteiger partial charge in [-0.1, -0.05) is 0 Å². The number of carbonyl (C=O) groups excluding carboxylic acids is 1. The Bertz CT molecular complexity index is 334. The van der Waals surface area contributed by atoms with E-state index in [1.807, 2.05) is 0 Å². The van der Waals surface area contributed by atoms with Crippen LogP contribution in [0.5, 0.6) is 0 Å². The maximum Gasteiger partial charge on any atom is 0.406 e. The molecule has 118 valence electrons. The van der Waals surface area contributed by atoms with Gasteiger partial charge in [-0.25, -0.2) is 9.59 Å². The number of alkyl halides is 3. The first-order chi connectivity index (χ1) is 9.08. The monoisotopic (exact) mass is 300 g/mol. The van der Waals surface area contributed by atoms with Crippen molar-refractivity contribution in [2.24, 2.45) is 0 Å². The molecule has 0 radical (unpaired) electrons. The summed E-state index contributed by atoms with van der Waals surface area (Å²) in [7, 11) is 1.35. The van der Waals surface area contributed by atoms with Crippen LogP contribution < -0.4 is 5.32 Å². The quantitative estimate of drug-likeness (QED) is 0.746. The molecule has 0 spiro atoms. The number of carbonyl (C=O) groups is 2. The first-order valence-corrected chi connectivity index (χ1v) is 5.94. The van der Waals surface area contributed by atoms with E-state index in [1.54, 1.807) is 0 Å². The Labute approximate surface area is 114 Å². The average Bonchev–Trinajstić information content (AvgIpc) is 2.29. The molecule has 9 heteroatoms. The van der Waals surface area contributed by atoms with Gasteiger partial charge in [0.2, 0.25) is 0 Å². The normalized spacial score (nSPS) is 13.2. The Morgan fingerprint density at radius 3 is 2.25 bits per heavy atom. The molecule has 0 aliphatic heterocycles. The molecule has 20 heavy (non-hydrogen) atoms. The summed E-state index contributed by atoms with van der Waals surface area (Å²) in [6, 6.07) is -3.08. The second-order valence-corrected chi connectivity index (χ2v) is 4.46. The molecule has 0 aromatic heterocycles. The minimum absolute atomic E-state index is 0.0322. The van der Waals surface area contributed by atoms with Crippen LogP contribution in [0.25, 0.3) is 0 Å². The number of hydrogen-bond donors (Lipinski definition) is 2. The number of rotatable bonds is 7. The number of aliphatic carboxylic acids is 1. The molecule has 0 heterocycles. The number of hydrogen-bond acceptors (Lipinski definition) is 3. The van der Waals surface area contributed by atoms with Gasteiger partial charge in [0, 0.05) is 26.2 Å². The van der Waals surface area contributed by atoms with Crippen molar-refractivity contribution in [3.63, 3.8) is 0 Å². The van der Waals surface area contributed by atoms with E-state index in [2.05, 4.69) is 10.1 Å². The number of nitrogens with zero attached hydrogens (tertiary/aromatic N) is 1. The number of amides is 2. The highest BCUT2D eigenvalue weighted by Crippen LogP contribution is 2.18. The van der Waals surface area contributed by atoms with Gasteiger partial charge >= 0.3 is 18.2 Å². The molecule has 0 saturated heterocycles. The third-order valence-corrected chi connectivity index (χ3v) is 2.44. The van der Waals surface area contributed by atoms with E-state index in [9.17, 15) is 22.8 Å². The molecule has 1 unspecified atom stereocenters. The van der Waals surface area contributed by atoms with E-state index in [4.69, 9.17) is 5.11 Å². The Balaban J connectivity index is 4.76. The van der Waals surface area contributed by atoms with Crippen molar-refractivity contribution in [2.75, 3.05) is 20.3 Å². The molecule has 6 nitrogen and oxygen atoms in total. The Hall–Kier alpha value is -1.51. The molecule has 1 atom stereocenters. The highest BCUT2D eigenvalue weighted by atomic mass is 19.4. The molecule has 0 aromatic carbocycles. The maximum atomic E-state index is 12.4. The maximum absolute atomic E-state index is 12.4. The molecule has 0 aliphatic carbocycles. The Kier molecular flexibility index (Phi) is 7.33. The van der Waals surface area contributed by atoms with Crippen LogP contribution in [-0.4, -0.2) is 60.5 Å². The molecular formula is C11H19F3N2O4. The topological polar surface area (TPSA) is 78.9 Å².